The number of hydrogen-bond donors (Lipinski definition) is 0. The van der Waals surface area contributed by atoms with E-state index in [2.05, 4.69) is 0 Å². The van der Waals surface area contributed by atoms with Crippen molar-refractivity contribution in [2.75, 3.05) is 6.61 Å². The summed E-state index contributed by atoms with van der Waals surface area (Å²) >= 11 is 0. The van der Waals surface area contributed by atoms with Crippen molar-refractivity contribution in [2.24, 2.45) is 0 Å². The summed E-state index contributed by atoms with van der Waals surface area (Å²) in [4.78, 5) is 9.96. The zero-order chi connectivity index (χ0) is 6.69. The number of rotatable bonds is 2. The van der Waals surface area contributed by atoms with Crippen molar-refractivity contribution in [3.63, 3.8) is 0 Å². The van der Waals surface area contributed by atoms with Gasteiger partial charge < -0.3 is 14.6 Å². The predicted molar refractivity (Wildman–Crippen MR) is 28.6 cm³/mol. The number of hydrogen-bond acceptors (Lipinski definition) is 3. The van der Waals surface area contributed by atoms with Gasteiger partial charge in [0.15, 0.2) is 0 Å². The van der Waals surface area contributed by atoms with Crippen molar-refractivity contribution in [3.05, 3.63) is 0 Å². The number of aliphatic carboxylic acids is 1. The number of carbonyl (C=O) groups is 1. The van der Waals surface area contributed by atoms with E-state index in [0.29, 0.717) is 6.61 Å². The SMILES string of the molecule is O=C([O-])CC1CCCO1. The van der Waals surface area contributed by atoms with Crippen molar-refractivity contribution < 1.29 is 14.6 Å². The number of carboxylic acid groups (broad SMARTS) is 1. The molecular formula is C6H9O3-. The maximum absolute atomic E-state index is 9.96. The summed E-state index contributed by atoms with van der Waals surface area (Å²) in [5, 5.41) is 9.96. The maximum Gasteiger partial charge on any atom is 0.0628 e. The molecule has 0 bridgehead atoms. The summed E-state index contributed by atoms with van der Waals surface area (Å²) in [6.45, 7) is 0.706. The lowest BCUT2D eigenvalue weighted by atomic mass is 10.2. The molecule has 0 aliphatic carbocycles. The highest BCUT2D eigenvalue weighted by Gasteiger charge is 2.14. The molecule has 1 aliphatic rings. The van der Waals surface area contributed by atoms with Crippen LogP contribution in [0.3, 0.4) is 0 Å². The van der Waals surface area contributed by atoms with Crippen LogP contribution < -0.4 is 5.11 Å². The molecule has 1 atom stereocenters. The van der Waals surface area contributed by atoms with E-state index < -0.39 is 5.97 Å². The van der Waals surface area contributed by atoms with Gasteiger partial charge in [0, 0.05) is 19.0 Å². The maximum atomic E-state index is 9.96. The second-order valence-corrected chi connectivity index (χ2v) is 2.21. The normalized spacial score (nSPS) is 26.4. The van der Waals surface area contributed by atoms with E-state index in [1.54, 1.807) is 0 Å². The topological polar surface area (TPSA) is 49.4 Å². The largest absolute Gasteiger partial charge is 0.550 e. The molecule has 1 unspecified atom stereocenters. The Hall–Kier alpha value is -0.570. The molecule has 0 spiro atoms. The Morgan fingerprint density at radius 2 is 2.56 bits per heavy atom. The molecule has 0 saturated carbocycles. The Kier molecular flexibility index (Phi) is 2.05. The first-order chi connectivity index (χ1) is 4.29. The van der Waals surface area contributed by atoms with Gasteiger partial charge in [-0.3, -0.25) is 0 Å². The molecule has 1 heterocycles. The standard InChI is InChI=1S/C6H10O3/c7-6(8)4-5-2-1-3-9-5/h5H,1-4H2,(H,7,8)/p-1. The highest BCUT2D eigenvalue weighted by molar-refractivity contribution is 5.64. The monoisotopic (exact) mass is 129 g/mol. The van der Waals surface area contributed by atoms with Crippen LogP contribution in [-0.4, -0.2) is 18.7 Å². The van der Waals surface area contributed by atoms with E-state index in [4.69, 9.17) is 4.74 Å². The van der Waals surface area contributed by atoms with Crippen LogP contribution in [-0.2, 0) is 9.53 Å². The Bertz CT molecular complexity index is 105. The minimum Gasteiger partial charge on any atom is -0.550 e. The second kappa shape index (κ2) is 2.82. The van der Waals surface area contributed by atoms with Gasteiger partial charge in [-0.1, -0.05) is 0 Å². The van der Waals surface area contributed by atoms with Crippen LogP contribution in [0.1, 0.15) is 19.3 Å². The van der Waals surface area contributed by atoms with Crippen molar-refractivity contribution in [1.29, 1.82) is 0 Å². The lowest BCUT2D eigenvalue weighted by Crippen LogP contribution is -2.26. The third kappa shape index (κ3) is 2.01. The van der Waals surface area contributed by atoms with Gasteiger partial charge in [-0.25, -0.2) is 0 Å². The molecule has 9 heavy (non-hydrogen) atoms. The molecule has 0 N–H and O–H groups in total. The van der Waals surface area contributed by atoms with Crippen LogP contribution in [0.2, 0.25) is 0 Å². The van der Waals surface area contributed by atoms with Crippen LogP contribution in [0.15, 0.2) is 0 Å². The van der Waals surface area contributed by atoms with Crippen LogP contribution in [0.4, 0.5) is 0 Å². The highest BCUT2D eigenvalue weighted by Crippen LogP contribution is 2.13. The average Bonchev–Trinajstić information content (AvgIpc) is 2.15. The first kappa shape index (κ1) is 6.55. The van der Waals surface area contributed by atoms with Gasteiger partial charge in [0.2, 0.25) is 0 Å². The van der Waals surface area contributed by atoms with Crippen molar-refractivity contribution >= 4 is 5.97 Å². The van der Waals surface area contributed by atoms with Gasteiger partial charge in [-0.2, -0.15) is 0 Å². The van der Waals surface area contributed by atoms with E-state index in [-0.39, 0.29) is 12.5 Å². The van der Waals surface area contributed by atoms with E-state index in [9.17, 15) is 9.90 Å². The quantitative estimate of drug-likeness (QED) is 0.495. The summed E-state index contributed by atoms with van der Waals surface area (Å²) in [7, 11) is 0. The van der Waals surface area contributed by atoms with Crippen LogP contribution in [0.5, 0.6) is 0 Å². The Morgan fingerprint density at radius 3 is 3.00 bits per heavy atom. The van der Waals surface area contributed by atoms with E-state index >= 15 is 0 Å². The molecule has 0 aromatic carbocycles. The number of carbonyl (C=O) groups excluding carboxylic acids is 1. The highest BCUT2D eigenvalue weighted by atomic mass is 16.5. The summed E-state index contributed by atoms with van der Waals surface area (Å²) in [6.07, 6.45) is 1.83. The van der Waals surface area contributed by atoms with Crippen molar-refractivity contribution in [2.45, 2.75) is 25.4 Å². The second-order valence-electron chi connectivity index (χ2n) is 2.21. The molecule has 0 amide bonds. The molecule has 3 nitrogen and oxygen atoms in total. The minimum atomic E-state index is -1.01. The minimum absolute atomic E-state index is 0.0556. The van der Waals surface area contributed by atoms with Gasteiger partial charge in [-0.05, 0) is 12.8 Å². The fraction of sp³-hybridized carbons (Fsp3) is 0.833. The third-order valence-electron chi connectivity index (χ3n) is 1.42. The number of carboxylic acids is 1. The molecule has 52 valence electrons. The fourth-order valence-electron chi connectivity index (χ4n) is 0.991. The van der Waals surface area contributed by atoms with Gasteiger partial charge in [-0.15, -0.1) is 0 Å². The van der Waals surface area contributed by atoms with E-state index in [0.717, 1.165) is 12.8 Å². The van der Waals surface area contributed by atoms with E-state index in [1.807, 2.05) is 0 Å². The molecule has 1 saturated heterocycles. The van der Waals surface area contributed by atoms with E-state index in [1.165, 1.54) is 0 Å². The summed E-state index contributed by atoms with van der Waals surface area (Å²) in [5.74, 6) is -1.01. The van der Waals surface area contributed by atoms with Gasteiger partial charge in [0.25, 0.3) is 0 Å². The number of ether oxygens (including phenoxy) is 1. The molecule has 1 fully saturated rings. The molecule has 1 rings (SSSR count). The average molecular weight is 129 g/mol. The molecule has 0 aromatic rings. The first-order valence-electron chi connectivity index (χ1n) is 3.10. The summed E-state index contributed by atoms with van der Waals surface area (Å²) in [6, 6.07) is 0. The van der Waals surface area contributed by atoms with Crippen molar-refractivity contribution in [3.8, 4) is 0 Å². The Balaban J connectivity index is 2.19. The molecule has 0 radical (unpaired) electrons. The summed E-state index contributed by atoms with van der Waals surface area (Å²) in [5.41, 5.74) is 0. The third-order valence-corrected chi connectivity index (χ3v) is 1.42. The summed E-state index contributed by atoms with van der Waals surface area (Å²) < 4.78 is 5.04. The zero-order valence-corrected chi connectivity index (χ0v) is 5.13. The van der Waals surface area contributed by atoms with Crippen molar-refractivity contribution in [1.82, 2.24) is 0 Å². The smallest absolute Gasteiger partial charge is 0.0628 e. The molecule has 1 aliphatic heterocycles. The van der Waals surface area contributed by atoms with Gasteiger partial charge in [0.05, 0.1) is 6.10 Å². The zero-order valence-electron chi connectivity index (χ0n) is 5.13. The molecule has 3 heteroatoms. The first-order valence-corrected chi connectivity index (χ1v) is 3.10. The predicted octanol–water partition coefficient (Wildman–Crippen LogP) is -0.695. The lowest BCUT2D eigenvalue weighted by molar-refractivity contribution is -0.307. The van der Waals surface area contributed by atoms with Crippen LogP contribution in [0.25, 0.3) is 0 Å². The molecular weight excluding hydrogens is 120 g/mol. The van der Waals surface area contributed by atoms with Gasteiger partial charge in [0.1, 0.15) is 0 Å². The van der Waals surface area contributed by atoms with Crippen LogP contribution in [0, 0.1) is 0 Å². The lowest BCUT2D eigenvalue weighted by Gasteiger charge is -2.08. The Morgan fingerprint density at radius 1 is 1.78 bits per heavy atom. The fourth-order valence-corrected chi connectivity index (χ4v) is 0.991. The van der Waals surface area contributed by atoms with Crippen LogP contribution >= 0.6 is 0 Å². The Labute approximate surface area is 53.6 Å². The molecule has 0 aromatic heterocycles. The van der Waals surface area contributed by atoms with Gasteiger partial charge >= 0.3 is 0 Å².